The number of hydrogen-bond acceptors (Lipinski definition) is 2. The van der Waals surface area contributed by atoms with Crippen LogP contribution in [0.2, 0.25) is 0 Å². The fraction of sp³-hybridized carbons (Fsp3) is 0.167. The number of rotatable bonds is 2. The van der Waals surface area contributed by atoms with Gasteiger partial charge in [0.25, 0.3) is 0 Å². The minimum Gasteiger partial charge on any atom is -0.264 e. The summed E-state index contributed by atoms with van der Waals surface area (Å²) in [5, 5.41) is 3.38. The van der Waals surface area contributed by atoms with Gasteiger partial charge in [-0.3, -0.25) is 4.98 Å². The fourth-order valence-electron chi connectivity index (χ4n) is 0.605. The topological polar surface area (TPSA) is 61.7 Å². The quantitative estimate of drug-likeness (QED) is 0.346. The summed E-state index contributed by atoms with van der Waals surface area (Å²) in [6.07, 6.45) is 3.36. The Labute approximate surface area is 58.1 Å². The molecule has 0 saturated heterocycles. The molecule has 50 valence electrons. The van der Waals surface area contributed by atoms with E-state index in [0.29, 0.717) is 6.54 Å². The molecule has 0 aliphatic rings. The van der Waals surface area contributed by atoms with E-state index < -0.39 is 0 Å². The zero-order valence-corrected chi connectivity index (χ0v) is 5.31. The second kappa shape index (κ2) is 3.48. The Kier molecular flexibility index (Phi) is 2.29. The van der Waals surface area contributed by atoms with Crippen LogP contribution in [0, 0.1) is 0 Å². The lowest BCUT2D eigenvalue weighted by molar-refractivity contribution is 1.03. The number of azide groups is 1. The fourth-order valence-corrected chi connectivity index (χ4v) is 0.605. The minimum absolute atomic E-state index is 0.379. The van der Waals surface area contributed by atoms with Crippen LogP contribution in [-0.2, 0) is 6.54 Å². The second-order valence-electron chi connectivity index (χ2n) is 1.75. The van der Waals surface area contributed by atoms with Crippen molar-refractivity contribution in [2.45, 2.75) is 6.54 Å². The Morgan fingerprint density at radius 2 is 2.60 bits per heavy atom. The van der Waals surface area contributed by atoms with E-state index in [2.05, 4.69) is 15.0 Å². The van der Waals surface area contributed by atoms with Crippen LogP contribution >= 0.6 is 0 Å². The molecule has 10 heavy (non-hydrogen) atoms. The summed E-state index contributed by atoms with van der Waals surface area (Å²) < 4.78 is 0. The van der Waals surface area contributed by atoms with Crippen molar-refractivity contribution < 1.29 is 0 Å². The van der Waals surface area contributed by atoms with Crippen LogP contribution in [0.15, 0.2) is 29.6 Å². The molecule has 0 radical (unpaired) electrons. The smallest absolute Gasteiger partial charge is 0.0526 e. The first-order valence-electron chi connectivity index (χ1n) is 2.83. The van der Waals surface area contributed by atoms with Crippen LogP contribution in [0.5, 0.6) is 0 Å². The molecule has 0 aliphatic heterocycles. The molecule has 1 aromatic heterocycles. The van der Waals surface area contributed by atoms with Crippen LogP contribution in [0.1, 0.15) is 5.56 Å². The Balaban J connectivity index is 2.67. The Bertz CT molecular complexity index is 237. The number of hydrogen-bond donors (Lipinski definition) is 0. The molecule has 0 N–H and O–H groups in total. The molecule has 0 fully saturated rings. The standard InChI is InChI=1S/C6H6N4/c7-10-9-5-6-2-1-3-8-4-6/h1-4H,5H2. The van der Waals surface area contributed by atoms with Crippen LogP contribution in [0.4, 0.5) is 0 Å². The molecule has 0 atom stereocenters. The van der Waals surface area contributed by atoms with Gasteiger partial charge in [0.2, 0.25) is 0 Å². The Hall–Kier alpha value is -1.54. The zero-order valence-electron chi connectivity index (χ0n) is 5.31. The highest BCUT2D eigenvalue weighted by atomic mass is 15.1. The molecule has 1 aromatic rings. The van der Waals surface area contributed by atoms with E-state index in [1.165, 1.54) is 0 Å². The molecule has 0 bridgehead atoms. The van der Waals surface area contributed by atoms with Crippen molar-refractivity contribution in [3.8, 4) is 0 Å². The van der Waals surface area contributed by atoms with Gasteiger partial charge in [-0.05, 0) is 17.2 Å². The number of aromatic nitrogens is 1. The lowest BCUT2D eigenvalue weighted by Gasteiger charge is -1.89. The third-order valence-corrected chi connectivity index (χ3v) is 1.04. The summed E-state index contributed by atoms with van der Waals surface area (Å²) in [6, 6.07) is 3.67. The van der Waals surface area contributed by atoms with Crippen molar-refractivity contribution >= 4 is 0 Å². The molecule has 4 heteroatoms. The number of pyridine rings is 1. The summed E-state index contributed by atoms with van der Waals surface area (Å²) in [5.74, 6) is 0. The van der Waals surface area contributed by atoms with Crippen LogP contribution in [0.3, 0.4) is 0 Å². The predicted octanol–water partition coefficient (Wildman–Crippen LogP) is 1.89. The third-order valence-electron chi connectivity index (χ3n) is 1.04. The van der Waals surface area contributed by atoms with Crippen LogP contribution < -0.4 is 0 Å². The van der Waals surface area contributed by atoms with Gasteiger partial charge in [-0.15, -0.1) is 0 Å². The van der Waals surface area contributed by atoms with E-state index in [9.17, 15) is 0 Å². The molecular weight excluding hydrogens is 128 g/mol. The number of nitrogens with zero attached hydrogens (tertiary/aromatic N) is 4. The molecule has 0 unspecified atom stereocenters. The predicted molar refractivity (Wildman–Crippen MR) is 37.1 cm³/mol. The van der Waals surface area contributed by atoms with Gasteiger partial charge in [0.05, 0.1) is 6.54 Å². The van der Waals surface area contributed by atoms with Crippen molar-refractivity contribution in [3.05, 3.63) is 40.5 Å². The van der Waals surface area contributed by atoms with Crippen molar-refractivity contribution in [1.29, 1.82) is 0 Å². The summed E-state index contributed by atoms with van der Waals surface area (Å²) in [5.41, 5.74) is 8.90. The van der Waals surface area contributed by atoms with Gasteiger partial charge < -0.3 is 0 Å². The molecule has 4 nitrogen and oxygen atoms in total. The summed E-state index contributed by atoms with van der Waals surface area (Å²) in [6.45, 7) is 0.379. The van der Waals surface area contributed by atoms with Crippen molar-refractivity contribution in [2.24, 2.45) is 5.11 Å². The molecule has 1 rings (SSSR count). The van der Waals surface area contributed by atoms with Gasteiger partial charge in [-0.25, -0.2) is 0 Å². The van der Waals surface area contributed by atoms with Crippen LogP contribution in [0.25, 0.3) is 10.4 Å². The first kappa shape index (κ1) is 6.58. The first-order chi connectivity index (χ1) is 4.93. The summed E-state index contributed by atoms with van der Waals surface area (Å²) in [7, 11) is 0. The van der Waals surface area contributed by atoms with Gasteiger partial charge in [0.15, 0.2) is 0 Å². The van der Waals surface area contributed by atoms with E-state index in [0.717, 1.165) is 5.56 Å². The van der Waals surface area contributed by atoms with Gasteiger partial charge in [0, 0.05) is 17.3 Å². The maximum Gasteiger partial charge on any atom is 0.0526 e. The molecule has 0 amide bonds. The molecule has 0 spiro atoms. The first-order valence-corrected chi connectivity index (χ1v) is 2.83. The highest BCUT2D eigenvalue weighted by Crippen LogP contribution is 1.96. The monoisotopic (exact) mass is 134 g/mol. The van der Waals surface area contributed by atoms with E-state index in [4.69, 9.17) is 5.53 Å². The Morgan fingerprint density at radius 1 is 1.70 bits per heavy atom. The molecule has 0 aliphatic carbocycles. The molecule has 0 saturated carbocycles. The van der Waals surface area contributed by atoms with E-state index in [-0.39, 0.29) is 0 Å². The third kappa shape index (κ3) is 1.76. The molecule has 1 heterocycles. The van der Waals surface area contributed by atoms with Crippen molar-refractivity contribution in [2.75, 3.05) is 0 Å². The van der Waals surface area contributed by atoms with Gasteiger partial charge in [-0.2, -0.15) is 0 Å². The lowest BCUT2D eigenvalue weighted by atomic mass is 10.3. The lowest BCUT2D eigenvalue weighted by Crippen LogP contribution is -1.79. The highest BCUT2D eigenvalue weighted by molar-refractivity contribution is 5.07. The van der Waals surface area contributed by atoms with E-state index in [1.54, 1.807) is 12.4 Å². The average Bonchev–Trinajstić information content (AvgIpc) is 2.03. The van der Waals surface area contributed by atoms with Gasteiger partial charge in [-0.1, -0.05) is 11.2 Å². The van der Waals surface area contributed by atoms with Gasteiger partial charge >= 0.3 is 0 Å². The average molecular weight is 134 g/mol. The maximum absolute atomic E-state index is 7.97. The summed E-state index contributed by atoms with van der Waals surface area (Å²) >= 11 is 0. The van der Waals surface area contributed by atoms with E-state index in [1.807, 2.05) is 12.1 Å². The normalized spacial score (nSPS) is 8.40. The van der Waals surface area contributed by atoms with Crippen LogP contribution in [-0.4, -0.2) is 4.98 Å². The minimum atomic E-state index is 0.379. The molecule has 0 aromatic carbocycles. The van der Waals surface area contributed by atoms with Crippen molar-refractivity contribution in [3.63, 3.8) is 0 Å². The Morgan fingerprint density at radius 3 is 3.20 bits per heavy atom. The second-order valence-corrected chi connectivity index (χ2v) is 1.75. The van der Waals surface area contributed by atoms with E-state index >= 15 is 0 Å². The van der Waals surface area contributed by atoms with Crippen molar-refractivity contribution in [1.82, 2.24) is 4.98 Å². The maximum atomic E-state index is 7.97. The zero-order chi connectivity index (χ0) is 7.23. The SMILES string of the molecule is [N-]=[N+]=NCc1cccnc1. The largest absolute Gasteiger partial charge is 0.264 e. The van der Waals surface area contributed by atoms with Gasteiger partial charge in [0.1, 0.15) is 0 Å². The molecular formula is C6H6N4. The summed E-state index contributed by atoms with van der Waals surface area (Å²) in [4.78, 5) is 6.48. The highest BCUT2D eigenvalue weighted by Gasteiger charge is 1.85.